The predicted molar refractivity (Wildman–Crippen MR) is 500 cm³/mol. The number of thiophene rings is 4. The molecular formula is C92H90Cl4F4N14O16S4. The number of hydrogen-bond donors (Lipinski definition) is 9. The Hall–Kier alpha value is -12.4. The van der Waals surface area contributed by atoms with E-state index < -0.39 is 76.1 Å². The summed E-state index contributed by atoms with van der Waals surface area (Å²) in [6, 6.07) is 26.5. The number of carbonyl (C=O) groups excluding carboxylic acids is 10. The van der Waals surface area contributed by atoms with Crippen molar-refractivity contribution in [1.29, 1.82) is 0 Å². The quantitative estimate of drug-likeness (QED) is 0.0320. The number of primary amides is 4. The molecule has 0 saturated heterocycles. The van der Waals surface area contributed by atoms with E-state index in [1.165, 1.54) is 106 Å². The summed E-state index contributed by atoms with van der Waals surface area (Å²) in [5, 5.41) is 39.7. The average molecular weight is 1990 g/mol. The Balaban J connectivity index is 0.000000161. The number of Topliss-reactive ketones (excluding diaryl/α,β-unsaturated/α-hetero) is 3. The van der Waals surface area contributed by atoms with Crippen LogP contribution in [0.15, 0.2) is 119 Å². The van der Waals surface area contributed by atoms with Gasteiger partial charge in [-0.1, -0.05) is 76.7 Å². The summed E-state index contributed by atoms with van der Waals surface area (Å²) in [6.45, 7) is 15.2. The molecule has 16 rings (SSSR count). The minimum atomic E-state index is -1.06. The molecule has 11 aromatic rings. The number of fused-ring (bicyclic) bond motifs is 6. The van der Waals surface area contributed by atoms with Gasteiger partial charge in [0, 0.05) is 130 Å². The summed E-state index contributed by atoms with van der Waals surface area (Å²) in [4.78, 5) is 154. The third-order valence-electron chi connectivity index (χ3n) is 20.9. The minimum Gasteiger partial charge on any atom is -0.481 e. The van der Waals surface area contributed by atoms with Gasteiger partial charge >= 0.3 is 24.1 Å². The van der Waals surface area contributed by atoms with Gasteiger partial charge in [0.15, 0.2) is 0 Å². The number of aromatic nitrogens is 3. The Morgan fingerprint density at radius 3 is 1.24 bits per heavy atom. The number of amides is 7. The number of aliphatic carboxylic acids is 1. The van der Waals surface area contributed by atoms with Crippen molar-refractivity contribution in [2.75, 3.05) is 31.9 Å². The van der Waals surface area contributed by atoms with Crippen LogP contribution in [0.4, 0.5) is 37.8 Å². The molecule has 0 unspecified atom stereocenters. The number of aromatic amines is 1. The number of benzene rings is 6. The van der Waals surface area contributed by atoms with Gasteiger partial charge in [-0.2, -0.15) is 25.6 Å². The first-order chi connectivity index (χ1) is 63.2. The number of nitrogens with one attached hydrogen (secondary N) is 2. The van der Waals surface area contributed by atoms with E-state index in [0.29, 0.717) is 135 Å². The highest BCUT2D eigenvalue weighted by molar-refractivity contribution is 7.16. The van der Waals surface area contributed by atoms with Gasteiger partial charge in [-0.25, -0.2) is 31.9 Å². The molecular weight excluding hydrogens is 1900 g/mol. The molecule has 5 aliphatic rings. The Labute approximate surface area is 800 Å². The van der Waals surface area contributed by atoms with Crippen LogP contribution < -0.4 is 34.0 Å². The van der Waals surface area contributed by atoms with E-state index in [0.717, 1.165) is 78.5 Å². The Kier molecular flexibility index (Phi) is 34.0. The Bertz CT molecular complexity index is 6480. The monoisotopic (exact) mass is 1990 g/mol. The molecule has 30 nitrogen and oxygen atoms in total. The zero-order valence-corrected chi connectivity index (χ0v) is 79.1. The van der Waals surface area contributed by atoms with Crippen molar-refractivity contribution in [3.63, 3.8) is 0 Å². The van der Waals surface area contributed by atoms with Crippen molar-refractivity contribution in [1.82, 2.24) is 35.4 Å². The summed E-state index contributed by atoms with van der Waals surface area (Å²) in [5.41, 5.74) is 36.4. The maximum absolute atomic E-state index is 14.1. The number of nitrogens with two attached hydrogens (primary N) is 5. The number of ether oxygens (including phenoxy) is 2. The maximum Gasteiger partial charge on any atom is 0.410 e. The van der Waals surface area contributed by atoms with Crippen molar-refractivity contribution < 1.29 is 94.8 Å². The number of azo groups is 1. The van der Waals surface area contributed by atoms with E-state index in [4.69, 9.17) is 94.8 Å². The van der Waals surface area contributed by atoms with Gasteiger partial charge in [-0.05, 0) is 197 Å². The van der Waals surface area contributed by atoms with Crippen molar-refractivity contribution in [2.24, 2.45) is 33.2 Å². The standard InChI is InChI=1S/C25H20ClFN4O3S.C22H24ClFN2O4S.C17H16ClFN2O2S.C13H19N3O3S.C8H6ClFO2.C7H5N3O2/c26-16-4-3-13(19(27)9-16)7-17(32)10-21-23(24(28)33)18-5-6-31(12-22(18)35-21)25(34)14-1-2-15-11-29-30-20(15)8-14;1-22(2,3)30-21(29)26-7-6-15-18(11-26)31-17(19(15)20(25)28)10-14(27)8-12-4-5-13(23)9-16(12)24;18-10-2-1-9(13(19)6-10)5-11(22)7-14-16(17(20)23)12-3-4-21-8-15(12)24-14;1-13(2,3)19-12(18)16-5-4-7-8(6-16)20-11(15)9(7)10(14)17;9-6-2-1-5(3-8(11)12)7(10)4-6;11-7(12)4-1-2-5-6(3-4)9-10-8-5/h1-4,8-9H,5-7,10-12H2,(H2,28,33);4-5,9H,6-8,10-11H2,1-3H3,(H2,25,28);1-2,6,21H,3-5,7-8H2,(H2,20,23);4-6,15H2,1-3H3,(H2,14,17);1-2,4H,3H2,(H,11,12);1-3H,(H,11,12)(H,8,9,10). The SMILES string of the molecule is CC(C)(C)OC(=O)N1CCc2c(sc(CC(=O)Cc3ccc(Cl)cc3F)c2C(N)=O)C1.CC(C)(C)OC(=O)N1CCc2c(sc(N)c2C(N)=O)C1.NC(=O)c1c(CC(=O)Cc2ccc(Cl)cc2F)sc2c1CCN(C(=O)c1ccc3c(c1)N=NC3)C2.NC(=O)c1c(CC(=O)Cc2ccc(Cl)cc2F)sc2c1CCNC2.O=C(O)Cc1ccc(Cl)cc1F.O=C(O)c1ccc2n[nH]nc2c1. The fourth-order valence-corrected chi connectivity index (χ4v) is 20.8. The molecule has 0 bridgehead atoms. The number of carboxylic acid groups (broad SMARTS) is 2. The van der Waals surface area contributed by atoms with E-state index in [1.807, 2.05) is 26.8 Å². The molecule has 0 aliphatic carbocycles. The first kappa shape index (κ1) is 102. The molecule has 5 aliphatic heterocycles. The number of H-pyrrole nitrogens is 1. The molecule has 7 amide bonds. The third kappa shape index (κ3) is 27.0. The molecule has 134 heavy (non-hydrogen) atoms. The second-order valence-corrected chi connectivity index (χ2v) is 39.5. The van der Waals surface area contributed by atoms with Crippen LogP contribution in [0.1, 0.15) is 188 Å². The average Bonchev–Trinajstić information content (AvgIpc) is 1.65. The summed E-state index contributed by atoms with van der Waals surface area (Å²) in [7, 11) is 0. The van der Waals surface area contributed by atoms with Crippen molar-refractivity contribution in [3.05, 3.63) is 270 Å². The summed E-state index contributed by atoms with van der Waals surface area (Å²) >= 11 is 28.1. The molecule has 0 fully saturated rings. The Morgan fingerprint density at radius 2 is 0.828 bits per heavy atom. The van der Waals surface area contributed by atoms with E-state index in [-0.39, 0.29) is 123 Å². The number of hydrogen-bond acceptors (Lipinski definition) is 24. The molecule has 0 spiro atoms. The van der Waals surface area contributed by atoms with Crippen molar-refractivity contribution in [3.8, 4) is 0 Å². The van der Waals surface area contributed by atoms with Gasteiger partial charge in [0.25, 0.3) is 11.8 Å². The number of aromatic carboxylic acids is 1. The van der Waals surface area contributed by atoms with Gasteiger partial charge in [-0.3, -0.25) is 43.2 Å². The van der Waals surface area contributed by atoms with Crippen molar-refractivity contribution >= 4 is 184 Å². The van der Waals surface area contributed by atoms with Gasteiger partial charge in [0.05, 0.1) is 71.1 Å². The fourth-order valence-electron chi connectivity index (χ4n) is 14.8. The maximum atomic E-state index is 14.1. The summed E-state index contributed by atoms with van der Waals surface area (Å²) < 4.78 is 65.6. The number of rotatable bonds is 20. The van der Waals surface area contributed by atoms with Crippen molar-refractivity contribution in [2.45, 2.75) is 156 Å². The number of anilines is 1. The smallest absolute Gasteiger partial charge is 0.410 e. The van der Waals surface area contributed by atoms with Crippen LogP contribution in [0.2, 0.25) is 20.1 Å². The second kappa shape index (κ2) is 44.6. The van der Waals surface area contributed by atoms with Crippen LogP contribution in [0.3, 0.4) is 0 Å². The van der Waals surface area contributed by atoms with Crippen LogP contribution >= 0.6 is 91.8 Å². The lowest BCUT2D eigenvalue weighted by Gasteiger charge is -2.30. The van der Waals surface area contributed by atoms with Crippen LogP contribution in [0.25, 0.3) is 11.0 Å². The largest absolute Gasteiger partial charge is 0.481 e. The molecule has 10 heterocycles. The number of halogens is 8. The van der Waals surface area contributed by atoms with Gasteiger partial charge in [-0.15, -0.1) is 45.3 Å². The molecule has 704 valence electrons. The topological polar surface area (TPSA) is 482 Å². The zero-order valence-electron chi connectivity index (χ0n) is 72.8. The number of nitrogen functional groups attached to an aromatic ring is 1. The van der Waals surface area contributed by atoms with Crippen LogP contribution in [-0.4, -0.2) is 149 Å². The molecule has 5 aromatic heterocycles. The highest BCUT2D eigenvalue weighted by Gasteiger charge is 2.36. The number of ketones is 3. The van der Waals surface area contributed by atoms with Gasteiger partial charge in [0.2, 0.25) is 17.7 Å². The summed E-state index contributed by atoms with van der Waals surface area (Å²) in [5.74, 6) is -7.20. The minimum absolute atomic E-state index is 0.0373. The predicted octanol–water partition coefficient (Wildman–Crippen LogP) is 16.2. The zero-order chi connectivity index (χ0) is 97.6. The number of nitrogens with zero attached hydrogens (tertiary/aromatic N) is 7. The number of carboxylic acids is 2. The lowest BCUT2D eigenvalue weighted by atomic mass is 9.98. The molecule has 42 heteroatoms. The van der Waals surface area contributed by atoms with E-state index in [2.05, 4.69) is 31.0 Å². The molecule has 0 saturated carbocycles. The van der Waals surface area contributed by atoms with E-state index >= 15 is 0 Å². The van der Waals surface area contributed by atoms with Crippen LogP contribution in [-0.2, 0) is 132 Å². The van der Waals surface area contributed by atoms with E-state index in [9.17, 15) is 75.1 Å². The van der Waals surface area contributed by atoms with Gasteiger partial charge < -0.3 is 68.4 Å². The normalized spacial score (nSPS) is 13.3. The molecule has 0 atom stereocenters. The fraction of sp³-hybridized carbons (Fsp3) is 0.304. The summed E-state index contributed by atoms with van der Waals surface area (Å²) in [6.07, 6.45) is 0.834. The Morgan fingerprint density at radius 1 is 0.448 bits per heavy atom. The third-order valence-corrected chi connectivity index (χ3v) is 26.5. The first-order valence-corrected chi connectivity index (χ1v) is 46.0. The highest BCUT2D eigenvalue weighted by atomic mass is 35.5. The van der Waals surface area contributed by atoms with Crippen LogP contribution in [0, 0.1) is 23.3 Å². The number of carbonyl (C=O) groups is 12. The lowest BCUT2D eigenvalue weighted by Crippen LogP contribution is -2.39. The highest BCUT2D eigenvalue weighted by Crippen LogP contribution is 2.40. The van der Waals surface area contributed by atoms with Gasteiger partial charge in [0.1, 0.15) is 62.9 Å². The van der Waals surface area contributed by atoms with E-state index in [1.54, 1.807) is 59.7 Å². The van der Waals surface area contributed by atoms with Crippen LogP contribution in [0.5, 0.6) is 0 Å². The molecule has 6 aromatic carbocycles. The lowest BCUT2D eigenvalue weighted by molar-refractivity contribution is -0.136. The second-order valence-electron chi connectivity index (χ2n) is 33.1. The first-order valence-electron chi connectivity index (χ1n) is 41.3. The molecule has 0 radical (unpaired) electrons. The molecule has 14 N–H and O–H groups in total.